The van der Waals surface area contributed by atoms with Crippen LogP contribution < -0.4 is 10.6 Å². The fourth-order valence-corrected chi connectivity index (χ4v) is 3.99. The average molecular weight is 359 g/mol. The van der Waals surface area contributed by atoms with E-state index in [1.54, 1.807) is 0 Å². The van der Waals surface area contributed by atoms with Crippen LogP contribution in [0.5, 0.6) is 0 Å². The molecule has 0 aromatic heterocycles. The lowest BCUT2D eigenvalue weighted by Crippen LogP contribution is -2.45. The highest BCUT2D eigenvalue weighted by atomic mass is 16.1. The maximum absolute atomic E-state index is 12.3. The number of carbonyl (C=O) groups is 1. The third-order valence-electron chi connectivity index (χ3n) is 5.80. The first-order valence-corrected chi connectivity index (χ1v) is 10.2. The number of likely N-dealkylation sites (N-methyl/N-ethyl adjacent to an activating group) is 1. The van der Waals surface area contributed by atoms with Gasteiger partial charge in [-0.15, -0.1) is 0 Å². The van der Waals surface area contributed by atoms with E-state index in [4.69, 9.17) is 0 Å². The van der Waals surface area contributed by atoms with Crippen LogP contribution in [0.15, 0.2) is 24.3 Å². The van der Waals surface area contributed by atoms with Crippen molar-refractivity contribution in [3.8, 4) is 0 Å². The largest absolute Gasteiger partial charge is 0.352 e. The Balaban J connectivity index is 1.42. The Bertz CT molecular complexity index is 566. The van der Waals surface area contributed by atoms with E-state index in [2.05, 4.69) is 58.5 Å². The molecule has 0 spiro atoms. The molecule has 2 fully saturated rings. The predicted molar refractivity (Wildman–Crippen MR) is 106 cm³/mol. The number of carbonyl (C=O) groups excluding carboxylic acids is 1. The number of amides is 1. The maximum Gasteiger partial charge on any atom is 0.223 e. The van der Waals surface area contributed by atoms with Gasteiger partial charge in [0.1, 0.15) is 0 Å². The molecule has 1 aromatic rings. The minimum absolute atomic E-state index is 0.160. The van der Waals surface area contributed by atoms with Crippen LogP contribution >= 0.6 is 0 Å². The van der Waals surface area contributed by atoms with Gasteiger partial charge in [-0.2, -0.15) is 0 Å². The molecule has 26 heavy (non-hydrogen) atoms. The Kier molecular flexibility index (Phi) is 7.06. The fourth-order valence-electron chi connectivity index (χ4n) is 3.99. The van der Waals surface area contributed by atoms with Crippen LogP contribution in [-0.2, 0) is 17.9 Å². The SMILES string of the molecule is CCN1CCN(Cc2ccc(CNC(=O)[C@H]3CCN[C@@H](C)C3)cc2)CC1. The molecule has 3 rings (SSSR count). The third kappa shape index (κ3) is 5.53. The average Bonchev–Trinajstić information content (AvgIpc) is 2.68. The van der Waals surface area contributed by atoms with Crippen molar-refractivity contribution in [3.63, 3.8) is 0 Å². The number of benzene rings is 1. The van der Waals surface area contributed by atoms with Gasteiger partial charge in [0.25, 0.3) is 0 Å². The quantitative estimate of drug-likeness (QED) is 0.815. The molecule has 144 valence electrons. The van der Waals surface area contributed by atoms with Gasteiger partial charge < -0.3 is 15.5 Å². The topological polar surface area (TPSA) is 47.6 Å². The zero-order chi connectivity index (χ0) is 18.4. The number of rotatable bonds is 6. The summed E-state index contributed by atoms with van der Waals surface area (Å²) < 4.78 is 0. The monoisotopic (exact) mass is 358 g/mol. The molecule has 2 atom stereocenters. The van der Waals surface area contributed by atoms with Gasteiger partial charge >= 0.3 is 0 Å². The molecule has 2 heterocycles. The van der Waals surface area contributed by atoms with Gasteiger partial charge in [0, 0.05) is 51.2 Å². The van der Waals surface area contributed by atoms with E-state index in [-0.39, 0.29) is 11.8 Å². The summed E-state index contributed by atoms with van der Waals surface area (Å²) in [5, 5.41) is 6.52. The van der Waals surface area contributed by atoms with Gasteiger partial charge in [-0.25, -0.2) is 0 Å². The van der Waals surface area contributed by atoms with E-state index in [1.807, 2.05) is 0 Å². The highest BCUT2D eigenvalue weighted by Gasteiger charge is 2.24. The van der Waals surface area contributed by atoms with Crippen molar-refractivity contribution in [2.24, 2.45) is 5.92 Å². The second-order valence-corrected chi connectivity index (χ2v) is 7.82. The Labute approximate surface area is 158 Å². The highest BCUT2D eigenvalue weighted by Crippen LogP contribution is 2.16. The van der Waals surface area contributed by atoms with Gasteiger partial charge in [0.2, 0.25) is 5.91 Å². The van der Waals surface area contributed by atoms with Crippen molar-refractivity contribution < 1.29 is 4.79 Å². The molecule has 2 aliphatic heterocycles. The molecule has 0 bridgehead atoms. The molecule has 2 N–H and O–H groups in total. The van der Waals surface area contributed by atoms with Crippen molar-refractivity contribution in [1.29, 1.82) is 0 Å². The van der Waals surface area contributed by atoms with Crippen molar-refractivity contribution in [3.05, 3.63) is 35.4 Å². The lowest BCUT2D eigenvalue weighted by atomic mass is 9.92. The van der Waals surface area contributed by atoms with Crippen LogP contribution in [0, 0.1) is 5.92 Å². The molecule has 5 heteroatoms. The molecule has 0 radical (unpaired) electrons. The summed E-state index contributed by atoms with van der Waals surface area (Å²) in [6.07, 6.45) is 1.89. The number of nitrogens with zero attached hydrogens (tertiary/aromatic N) is 2. The Hall–Kier alpha value is -1.43. The summed E-state index contributed by atoms with van der Waals surface area (Å²) in [6, 6.07) is 9.17. The van der Waals surface area contributed by atoms with E-state index >= 15 is 0 Å². The molecule has 5 nitrogen and oxygen atoms in total. The smallest absolute Gasteiger partial charge is 0.223 e. The van der Waals surface area contributed by atoms with E-state index in [9.17, 15) is 4.79 Å². The number of hydrogen-bond donors (Lipinski definition) is 2. The predicted octanol–water partition coefficient (Wildman–Crippen LogP) is 1.83. The Morgan fingerprint density at radius 1 is 1.12 bits per heavy atom. The van der Waals surface area contributed by atoms with Crippen LogP contribution in [0.4, 0.5) is 0 Å². The first-order chi connectivity index (χ1) is 12.6. The highest BCUT2D eigenvalue weighted by molar-refractivity contribution is 5.78. The first kappa shape index (κ1) is 19.3. The first-order valence-electron chi connectivity index (χ1n) is 10.2. The summed E-state index contributed by atoms with van der Waals surface area (Å²) in [4.78, 5) is 17.4. The van der Waals surface area contributed by atoms with E-state index in [0.717, 1.165) is 45.6 Å². The molecular weight excluding hydrogens is 324 g/mol. The number of piperidine rings is 1. The van der Waals surface area contributed by atoms with E-state index in [0.29, 0.717) is 12.6 Å². The Morgan fingerprint density at radius 2 is 1.77 bits per heavy atom. The van der Waals surface area contributed by atoms with Crippen molar-refractivity contribution in [2.45, 2.75) is 45.8 Å². The van der Waals surface area contributed by atoms with Crippen molar-refractivity contribution in [1.82, 2.24) is 20.4 Å². The number of nitrogens with one attached hydrogen (secondary N) is 2. The van der Waals surface area contributed by atoms with Crippen molar-refractivity contribution in [2.75, 3.05) is 39.3 Å². The summed E-state index contributed by atoms with van der Waals surface area (Å²) in [5.74, 6) is 0.364. The van der Waals surface area contributed by atoms with Crippen LogP contribution in [0.2, 0.25) is 0 Å². The van der Waals surface area contributed by atoms with Gasteiger partial charge in [-0.05, 0) is 44.0 Å². The second kappa shape index (κ2) is 9.49. The van der Waals surface area contributed by atoms with Gasteiger partial charge in [-0.1, -0.05) is 31.2 Å². The lowest BCUT2D eigenvalue weighted by Gasteiger charge is -2.34. The normalized spacial score (nSPS) is 25.2. The second-order valence-electron chi connectivity index (χ2n) is 7.82. The Morgan fingerprint density at radius 3 is 2.42 bits per heavy atom. The molecule has 1 amide bonds. The molecular formula is C21H34N4O. The molecule has 0 saturated carbocycles. The van der Waals surface area contributed by atoms with Crippen LogP contribution in [-0.4, -0.2) is 61.0 Å². The summed E-state index contributed by atoms with van der Waals surface area (Å²) in [5.41, 5.74) is 2.54. The molecule has 0 aliphatic carbocycles. The summed E-state index contributed by atoms with van der Waals surface area (Å²) in [6.45, 7) is 12.8. The van der Waals surface area contributed by atoms with E-state index < -0.39 is 0 Å². The maximum atomic E-state index is 12.3. The van der Waals surface area contributed by atoms with Gasteiger partial charge in [0.15, 0.2) is 0 Å². The van der Waals surface area contributed by atoms with Gasteiger partial charge in [0.05, 0.1) is 0 Å². The van der Waals surface area contributed by atoms with Crippen LogP contribution in [0.1, 0.15) is 37.8 Å². The molecule has 2 saturated heterocycles. The summed E-state index contributed by atoms with van der Waals surface area (Å²) >= 11 is 0. The zero-order valence-corrected chi connectivity index (χ0v) is 16.3. The third-order valence-corrected chi connectivity index (χ3v) is 5.80. The van der Waals surface area contributed by atoms with Crippen LogP contribution in [0.3, 0.4) is 0 Å². The zero-order valence-electron chi connectivity index (χ0n) is 16.3. The number of hydrogen-bond acceptors (Lipinski definition) is 4. The lowest BCUT2D eigenvalue weighted by molar-refractivity contribution is -0.126. The standard InChI is InChI=1S/C21H34N4O/c1-3-24-10-12-25(13-11-24)16-19-6-4-18(5-7-19)15-23-21(26)20-8-9-22-17(2)14-20/h4-7,17,20,22H,3,8-16H2,1-2H3,(H,23,26)/t17-,20-/m0/s1. The van der Waals surface area contributed by atoms with Crippen molar-refractivity contribution >= 4 is 5.91 Å². The molecule has 2 aliphatic rings. The fraction of sp³-hybridized carbons (Fsp3) is 0.667. The minimum atomic E-state index is 0.160. The summed E-state index contributed by atoms with van der Waals surface area (Å²) in [7, 11) is 0. The van der Waals surface area contributed by atoms with Crippen LogP contribution in [0.25, 0.3) is 0 Å². The van der Waals surface area contributed by atoms with E-state index in [1.165, 1.54) is 24.2 Å². The van der Waals surface area contributed by atoms with Gasteiger partial charge in [-0.3, -0.25) is 9.69 Å². The molecule has 1 aromatic carbocycles. The number of piperazine rings is 1. The minimum Gasteiger partial charge on any atom is -0.352 e. The molecule has 0 unspecified atom stereocenters.